The number of aromatic amines is 1. The molecule has 1 aromatic heterocycles. The summed E-state index contributed by atoms with van der Waals surface area (Å²) in [6, 6.07) is 4.44. The Bertz CT molecular complexity index is 1150. The van der Waals surface area contributed by atoms with Crippen LogP contribution >= 0.6 is 0 Å². The van der Waals surface area contributed by atoms with Gasteiger partial charge in [0.05, 0.1) is 25.5 Å². The fraction of sp³-hybridized carbons (Fsp3) is 0.391. The zero-order valence-electron chi connectivity index (χ0n) is 18.5. The first-order chi connectivity index (χ1) is 15.1. The minimum absolute atomic E-state index is 0.160. The summed E-state index contributed by atoms with van der Waals surface area (Å²) in [4.78, 5) is 54.5. The van der Waals surface area contributed by atoms with Crippen molar-refractivity contribution in [3.63, 3.8) is 0 Å². The number of nitrogens with one attached hydrogen (secondary N) is 2. The van der Waals surface area contributed by atoms with Crippen LogP contribution in [-0.4, -0.2) is 53.1 Å². The van der Waals surface area contributed by atoms with E-state index in [-0.39, 0.29) is 11.5 Å². The van der Waals surface area contributed by atoms with Gasteiger partial charge in [0.15, 0.2) is 23.1 Å². The molecule has 3 heterocycles. The van der Waals surface area contributed by atoms with E-state index in [0.717, 1.165) is 11.3 Å². The second-order valence-electron chi connectivity index (χ2n) is 8.26. The smallest absolute Gasteiger partial charge is 0.325 e. The molecule has 1 aromatic carbocycles. The Morgan fingerprint density at radius 2 is 1.81 bits per heavy atom. The SMILES string of the molecule is CC(=O)c1c(C)[nH]c(C(=O)CN2C(=O)N[C@](C)(c3ccc4c(c3)OCCCO4)C2=O)c1C. The minimum atomic E-state index is -1.35. The largest absolute Gasteiger partial charge is 0.490 e. The number of ketones is 2. The minimum Gasteiger partial charge on any atom is -0.490 e. The third kappa shape index (κ3) is 3.43. The van der Waals surface area contributed by atoms with Crippen molar-refractivity contribution in [3.05, 3.63) is 46.3 Å². The highest BCUT2D eigenvalue weighted by atomic mass is 16.5. The molecule has 168 valence electrons. The van der Waals surface area contributed by atoms with Crippen LogP contribution in [0.15, 0.2) is 18.2 Å². The molecule has 0 spiro atoms. The van der Waals surface area contributed by atoms with Crippen LogP contribution in [0.4, 0.5) is 4.79 Å². The summed E-state index contributed by atoms with van der Waals surface area (Å²) in [6.45, 7) is 6.98. The predicted molar refractivity (Wildman–Crippen MR) is 114 cm³/mol. The van der Waals surface area contributed by atoms with Crippen molar-refractivity contribution in [1.29, 1.82) is 0 Å². The number of fused-ring (bicyclic) bond motifs is 1. The topological polar surface area (TPSA) is 118 Å². The van der Waals surface area contributed by atoms with Crippen molar-refractivity contribution in [2.24, 2.45) is 0 Å². The van der Waals surface area contributed by atoms with Gasteiger partial charge in [0.2, 0.25) is 0 Å². The zero-order valence-corrected chi connectivity index (χ0v) is 18.5. The van der Waals surface area contributed by atoms with Gasteiger partial charge < -0.3 is 19.8 Å². The van der Waals surface area contributed by atoms with E-state index in [4.69, 9.17) is 9.47 Å². The van der Waals surface area contributed by atoms with Crippen molar-refractivity contribution in [1.82, 2.24) is 15.2 Å². The summed E-state index contributed by atoms with van der Waals surface area (Å²) in [5.74, 6) is -0.0700. The van der Waals surface area contributed by atoms with E-state index in [1.165, 1.54) is 6.92 Å². The Kier molecular flexibility index (Phi) is 5.28. The Balaban J connectivity index is 1.59. The fourth-order valence-electron chi connectivity index (χ4n) is 4.29. The van der Waals surface area contributed by atoms with Crippen LogP contribution in [0.3, 0.4) is 0 Å². The van der Waals surface area contributed by atoms with Crippen LogP contribution in [0.5, 0.6) is 11.5 Å². The maximum Gasteiger partial charge on any atom is 0.325 e. The number of carbonyl (C=O) groups excluding carboxylic acids is 4. The highest BCUT2D eigenvalue weighted by molar-refractivity contribution is 6.12. The second kappa shape index (κ2) is 7.81. The second-order valence-corrected chi connectivity index (χ2v) is 8.26. The summed E-state index contributed by atoms with van der Waals surface area (Å²) < 4.78 is 11.3. The number of Topliss-reactive ketones (excluding diaryl/α,β-unsaturated/α-hetero) is 2. The first-order valence-corrected chi connectivity index (χ1v) is 10.4. The average molecular weight is 439 g/mol. The van der Waals surface area contributed by atoms with E-state index in [1.807, 2.05) is 0 Å². The van der Waals surface area contributed by atoms with Crippen LogP contribution < -0.4 is 14.8 Å². The number of aromatic nitrogens is 1. The number of carbonyl (C=O) groups is 4. The van der Waals surface area contributed by atoms with Gasteiger partial charge in [0.25, 0.3) is 5.91 Å². The molecule has 9 heteroatoms. The normalized spacial score (nSPS) is 20.2. The molecule has 1 fully saturated rings. The highest BCUT2D eigenvalue weighted by Gasteiger charge is 2.50. The molecular weight excluding hydrogens is 414 g/mol. The average Bonchev–Trinajstić information content (AvgIpc) is 3.03. The van der Waals surface area contributed by atoms with Crippen LogP contribution in [0.1, 0.15) is 57.9 Å². The number of benzene rings is 1. The van der Waals surface area contributed by atoms with Crippen molar-refractivity contribution in [2.45, 2.75) is 39.7 Å². The zero-order chi connectivity index (χ0) is 23.2. The number of ether oxygens (including phenoxy) is 2. The van der Waals surface area contributed by atoms with E-state index >= 15 is 0 Å². The lowest BCUT2D eigenvalue weighted by Crippen LogP contribution is -2.41. The molecule has 1 atom stereocenters. The Morgan fingerprint density at radius 1 is 1.12 bits per heavy atom. The Morgan fingerprint density at radius 3 is 2.47 bits per heavy atom. The number of urea groups is 1. The quantitative estimate of drug-likeness (QED) is 0.546. The summed E-state index contributed by atoms with van der Waals surface area (Å²) in [6.07, 6.45) is 0.746. The van der Waals surface area contributed by atoms with Gasteiger partial charge in [0, 0.05) is 17.7 Å². The maximum atomic E-state index is 13.3. The van der Waals surface area contributed by atoms with Crippen LogP contribution in [-0.2, 0) is 10.3 Å². The summed E-state index contributed by atoms with van der Waals surface area (Å²) in [5.41, 5.74) is 0.930. The molecular formula is C23H25N3O6. The van der Waals surface area contributed by atoms with E-state index in [0.29, 0.717) is 47.1 Å². The van der Waals surface area contributed by atoms with Gasteiger partial charge >= 0.3 is 6.03 Å². The lowest BCUT2D eigenvalue weighted by molar-refractivity contribution is -0.130. The van der Waals surface area contributed by atoms with Gasteiger partial charge in [-0.15, -0.1) is 0 Å². The number of aryl methyl sites for hydroxylation is 1. The van der Waals surface area contributed by atoms with E-state index < -0.39 is 29.8 Å². The predicted octanol–water partition coefficient (Wildman–Crippen LogP) is 2.65. The van der Waals surface area contributed by atoms with E-state index in [1.54, 1.807) is 39.0 Å². The van der Waals surface area contributed by atoms with E-state index in [2.05, 4.69) is 10.3 Å². The molecule has 0 bridgehead atoms. The van der Waals surface area contributed by atoms with Crippen LogP contribution in [0.25, 0.3) is 0 Å². The molecule has 9 nitrogen and oxygen atoms in total. The highest BCUT2D eigenvalue weighted by Crippen LogP contribution is 2.36. The lowest BCUT2D eigenvalue weighted by atomic mass is 9.91. The molecule has 2 aromatic rings. The van der Waals surface area contributed by atoms with Gasteiger partial charge in [-0.25, -0.2) is 4.79 Å². The number of hydrogen-bond donors (Lipinski definition) is 2. The lowest BCUT2D eigenvalue weighted by Gasteiger charge is -2.23. The van der Waals surface area contributed by atoms with Crippen molar-refractivity contribution >= 4 is 23.5 Å². The molecule has 0 unspecified atom stereocenters. The maximum absolute atomic E-state index is 13.3. The molecule has 32 heavy (non-hydrogen) atoms. The Hall–Kier alpha value is -3.62. The third-order valence-electron chi connectivity index (χ3n) is 5.97. The fourth-order valence-corrected chi connectivity index (χ4v) is 4.29. The molecule has 3 amide bonds. The number of H-pyrrole nitrogens is 1. The molecule has 2 N–H and O–H groups in total. The molecule has 4 rings (SSSR count). The Labute approximate surface area is 185 Å². The van der Waals surface area contributed by atoms with Crippen molar-refractivity contribution in [3.8, 4) is 11.5 Å². The number of rotatable bonds is 5. The molecule has 1 saturated heterocycles. The van der Waals surface area contributed by atoms with Crippen LogP contribution in [0, 0.1) is 13.8 Å². The van der Waals surface area contributed by atoms with Gasteiger partial charge in [0.1, 0.15) is 5.54 Å². The van der Waals surface area contributed by atoms with Gasteiger partial charge in [-0.05, 0) is 51.0 Å². The van der Waals surface area contributed by atoms with Crippen molar-refractivity contribution in [2.75, 3.05) is 19.8 Å². The van der Waals surface area contributed by atoms with Gasteiger partial charge in [-0.2, -0.15) is 0 Å². The third-order valence-corrected chi connectivity index (χ3v) is 5.97. The molecule has 2 aliphatic heterocycles. The van der Waals surface area contributed by atoms with Crippen LogP contribution in [0.2, 0.25) is 0 Å². The number of nitrogens with zero attached hydrogens (tertiary/aromatic N) is 1. The molecule has 0 aliphatic carbocycles. The number of imide groups is 1. The molecule has 0 saturated carbocycles. The number of amides is 3. The van der Waals surface area contributed by atoms with E-state index in [9.17, 15) is 19.2 Å². The molecule has 0 radical (unpaired) electrons. The first kappa shape index (κ1) is 21.6. The number of hydrogen-bond acceptors (Lipinski definition) is 6. The monoisotopic (exact) mass is 439 g/mol. The standard InChI is InChI=1S/C23H25N3O6/c1-12-19(14(3)27)13(2)24-20(12)16(28)11-26-21(29)23(4,25-22(26)30)15-6-7-17-18(10-15)32-9-5-8-31-17/h6-7,10,24H,5,8-9,11H2,1-4H3,(H,25,30)/t23-/m1/s1. The van der Waals surface area contributed by atoms with Crippen molar-refractivity contribution < 1.29 is 28.7 Å². The first-order valence-electron chi connectivity index (χ1n) is 10.4. The van der Waals surface area contributed by atoms with Gasteiger partial charge in [-0.1, -0.05) is 6.07 Å². The van der Waals surface area contributed by atoms with Gasteiger partial charge in [-0.3, -0.25) is 19.3 Å². The summed E-state index contributed by atoms with van der Waals surface area (Å²) in [7, 11) is 0. The summed E-state index contributed by atoms with van der Waals surface area (Å²) >= 11 is 0. The molecule has 2 aliphatic rings. The summed E-state index contributed by atoms with van der Waals surface area (Å²) in [5, 5.41) is 2.70.